The Morgan fingerprint density at radius 2 is 0.969 bits per heavy atom. The molecule has 0 N–H and O–H groups in total. The average Bonchev–Trinajstić information content (AvgIpc) is 2.85. The van der Waals surface area contributed by atoms with E-state index in [4.69, 9.17) is 26.6 Å². The van der Waals surface area contributed by atoms with Crippen molar-refractivity contribution in [1.82, 2.24) is 15.0 Å². The molecule has 154 valence electrons. The molecule has 0 saturated heterocycles. The topological polar surface area (TPSA) is 38.7 Å². The molecule has 0 saturated carbocycles. The lowest BCUT2D eigenvalue weighted by Gasteiger charge is -2.10. The molecule has 0 radical (unpaired) electrons. The Labute approximate surface area is 192 Å². The van der Waals surface area contributed by atoms with Gasteiger partial charge in [-0.1, -0.05) is 102 Å². The van der Waals surface area contributed by atoms with Gasteiger partial charge in [0.05, 0.1) is 0 Å². The van der Waals surface area contributed by atoms with E-state index >= 15 is 0 Å². The first kappa shape index (κ1) is 20.1. The summed E-state index contributed by atoms with van der Waals surface area (Å²) in [6.45, 7) is 2.07. The first-order valence-electron chi connectivity index (χ1n) is 10.4. The Morgan fingerprint density at radius 1 is 0.469 bits per heavy atom. The predicted octanol–water partition coefficient (Wildman–Crippen LogP) is 7.50. The fourth-order valence-corrected chi connectivity index (χ4v) is 3.75. The van der Waals surface area contributed by atoms with E-state index in [1.807, 2.05) is 78.9 Å². The van der Waals surface area contributed by atoms with Crippen molar-refractivity contribution in [3.8, 4) is 45.3 Å². The molecule has 0 atom stereocenters. The second kappa shape index (κ2) is 8.74. The van der Waals surface area contributed by atoms with Crippen LogP contribution in [-0.2, 0) is 0 Å². The van der Waals surface area contributed by atoms with E-state index in [2.05, 4.69) is 31.2 Å². The maximum Gasteiger partial charge on any atom is 0.164 e. The van der Waals surface area contributed by atoms with Crippen molar-refractivity contribution in [3.63, 3.8) is 0 Å². The summed E-state index contributed by atoms with van der Waals surface area (Å²) in [6.07, 6.45) is 0. The van der Waals surface area contributed by atoms with Crippen molar-refractivity contribution in [2.45, 2.75) is 6.92 Å². The summed E-state index contributed by atoms with van der Waals surface area (Å²) < 4.78 is 0. The number of aromatic nitrogens is 3. The number of rotatable bonds is 4. The van der Waals surface area contributed by atoms with Crippen molar-refractivity contribution in [2.24, 2.45) is 0 Å². The highest BCUT2D eigenvalue weighted by Gasteiger charge is 2.13. The van der Waals surface area contributed by atoms with Gasteiger partial charge in [-0.05, 0) is 36.2 Å². The highest BCUT2D eigenvalue weighted by molar-refractivity contribution is 6.30. The highest BCUT2D eigenvalue weighted by Crippen LogP contribution is 2.29. The Morgan fingerprint density at radius 3 is 1.62 bits per heavy atom. The summed E-state index contributed by atoms with van der Waals surface area (Å²) in [5.74, 6) is 1.94. The van der Waals surface area contributed by atoms with Crippen molar-refractivity contribution in [2.75, 3.05) is 0 Å². The molecular weight excluding hydrogens is 414 g/mol. The molecule has 0 amide bonds. The molecule has 5 aromatic rings. The first-order chi connectivity index (χ1) is 15.7. The van der Waals surface area contributed by atoms with Crippen LogP contribution in [-0.4, -0.2) is 15.0 Å². The zero-order chi connectivity index (χ0) is 21.9. The zero-order valence-electron chi connectivity index (χ0n) is 17.5. The van der Waals surface area contributed by atoms with Gasteiger partial charge in [0.25, 0.3) is 0 Å². The molecule has 0 aliphatic rings. The number of benzene rings is 4. The third-order valence-electron chi connectivity index (χ3n) is 5.26. The molecular formula is C28H20ClN3. The third kappa shape index (κ3) is 4.29. The van der Waals surface area contributed by atoms with Crippen molar-refractivity contribution < 1.29 is 0 Å². The number of nitrogens with zero attached hydrogens (tertiary/aromatic N) is 3. The van der Waals surface area contributed by atoms with Gasteiger partial charge in [-0.3, -0.25) is 0 Å². The number of halogens is 1. The summed E-state index contributed by atoms with van der Waals surface area (Å²) in [5.41, 5.74) is 6.15. The van der Waals surface area contributed by atoms with Gasteiger partial charge in [0, 0.05) is 21.7 Å². The lowest BCUT2D eigenvalue weighted by Crippen LogP contribution is -2.00. The second-order valence-electron chi connectivity index (χ2n) is 7.63. The second-order valence-corrected chi connectivity index (χ2v) is 8.07. The summed E-state index contributed by atoms with van der Waals surface area (Å²) in [6, 6.07) is 34.3. The minimum absolute atomic E-state index is 0.637. The quantitative estimate of drug-likeness (QED) is 0.294. The molecule has 4 aromatic carbocycles. The maximum atomic E-state index is 6.21. The lowest BCUT2D eigenvalue weighted by molar-refractivity contribution is 1.07. The monoisotopic (exact) mass is 433 g/mol. The Hall–Kier alpha value is -3.82. The van der Waals surface area contributed by atoms with Crippen molar-refractivity contribution >= 4 is 11.6 Å². The molecule has 0 spiro atoms. The Kier molecular flexibility index (Phi) is 5.49. The number of hydrogen-bond donors (Lipinski definition) is 0. The molecule has 1 aromatic heterocycles. The van der Waals surface area contributed by atoms with E-state index in [1.165, 1.54) is 5.56 Å². The molecule has 0 fully saturated rings. The Bertz CT molecular complexity index is 1380. The zero-order valence-corrected chi connectivity index (χ0v) is 18.3. The third-order valence-corrected chi connectivity index (χ3v) is 5.49. The van der Waals surface area contributed by atoms with Crippen LogP contribution < -0.4 is 0 Å². The largest absolute Gasteiger partial charge is 0.208 e. The van der Waals surface area contributed by atoms with Gasteiger partial charge in [0.15, 0.2) is 17.5 Å². The molecule has 3 nitrogen and oxygen atoms in total. The van der Waals surface area contributed by atoms with Crippen LogP contribution in [0.5, 0.6) is 0 Å². The van der Waals surface area contributed by atoms with E-state index in [9.17, 15) is 0 Å². The molecule has 32 heavy (non-hydrogen) atoms. The average molecular weight is 434 g/mol. The van der Waals surface area contributed by atoms with Crippen LogP contribution in [0.1, 0.15) is 5.56 Å². The van der Waals surface area contributed by atoms with Crippen LogP contribution >= 0.6 is 11.6 Å². The lowest BCUT2D eigenvalue weighted by atomic mass is 10.0. The molecule has 0 aliphatic heterocycles. The van der Waals surface area contributed by atoms with Crippen LogP contribution in [0.15, 0.2) is 103 Å². The summed E-state index contributed by atoms with van der Waals surface area (Å²) >= 11 is 6.21. The van der Waals surface area contributed by atoms with Gasteiger partial charge in [-0.2, -0.15) is 0 Å². The first-order valence-corrected chi connectivity index (χ1v) is 10.8. The minimum Gasteiger partial charge on any atom is -0.208 e. The molecule has 1 heterocycles. The Balaban J connectivity index is 1.66. The summed E-state index contributed by atoms with van der Waals surface area (Å²) in [7, 11) is 0. The normalized spacial score (nSPS) is 10.8. The molecule has 0 aliphatic carbocycles. The maximum absolute atomic E-state index is 6.21. The van der Waals surface area contributed by atoms with Crippen LogP contribution in [0.3, 0.4) is 0 Å². The van der Waals surface area contributed by atoms with E-state index in [-0.39, 0.29) is 0 Å². The summed E-state index contributed by atoms with van der Waals surface area (Å²) in [5, 5.41) is 0.709. The van der Waals surface area contributed by atoms with E-state index in [0.717, 1.165) is 27.8 Å². The molecule has 5 rings (SSSR count). The predicted molar refractivity (Wildman–Crippen MR) is 131 cm³/mol. The van der Waals surface area contributed by atoms with Gasteiger partial charge in [0.2, 0.25) is 0 Å². The smallest absolute Gasteiger partial charge is 0.164 e. The highest BCUT2D eigenvalue weighted by atomic mass is 35.5. The van der Waals surface area contributed by atoms with Crippen LogP contribution in [0.25, 0.3) is 45.3 Å². The fraction of sp³-hybridized carbons (Fsp3) is 0.0357. The van der Waals surface area contributed by atoms with E-state index in [1.54, 1.807) is 0 Å². The number of aryl methyl sites for hydroxylation is 1. The molecule has 4 heteroatoms. The van der Waals surface area contributed by atoms with Crippen molar-refractivity contribution in [1.29, 1.82) is 0 Å². The van der Waals surface area contributed by atoms with Gasteiger partial charge >= 0.3 is 0 Å². The van der Waals surface area contributed by atoms with Gasteiger partial charge in [-0.25, -0.2) is 15.0 Å². The molecule has 0 bridgehead atoms. The van der Waals surface area contributed by atoms with Gasteiger partial charge < -0.3 is 0 Å². The molecule has 0 unspecified atom stereocenters. The van der Waals surface area contributed by atoms with Crippen LogP contribution in [0.2, 0.25) is 5.02 Å². The standard InChI is InChI=1S/C28H20ClN3/c1-19-13-15-21(16-14-19)27-30-26(20-7-3-2-4-8-20)31-28(32-27)24-11-5-9-22(17-24)23-10-6-12-25(29)18-23/h2-18H,1H3. The van der Waals surface area contributed by atoms with Crippen LogP contribution in [0.4, 0.5) is 0 Å². The van der Waals surface area contributed by atoms with E-state index in [0.29, 0.717) is 22.5 Å². The van der Waals surface area contributed by atoms with E-state index < -0.39 is 0 Å². The SMILES string of the molecule is Cc1ccc(-c2nc(-c3ccccc3)nc(-c3cccc(-c4cccc(Cl)c4)c3)n2)cc1. The van der Waals surface area contributed by atoms with Crippen molar-refractivity contribution in [3.05, 3.63) is 114 Å². The number of hydrogen-bond acceptors (Lipinski definition) is 3. The summed E-state index contributed by atoms with van der Waals surface area (Å²) in [4.78, 5) is 14.4. The van der Waals surface area contributed by atoms with Gasteiger partial charge in [0.1, 0.15) is 0 Å². The fourth-order valence-electron chi connectivity index (χ4n) is 3.56. The van der Waals surface area contributed by atoms with Gasteiger partial charge in [-0.15, -0.1) is 0 Å². The van der Waals surface area contributed by atoms with Crippen LogP contribution in [0, 0.1) is 6.92 Å². The minimum atomic E-state index is 0.637.